The Hall–Kier alpha value is -2.22. The van der Waals surface area contributed by atoms with Gasteiger partial charge in [-0.1, -0.05) is 12.1 Å². The minimum Gasteiger partial charge on any atom is -0.494 e. The molecule has 1 atom stereocenters. The Labute approximate surface area is 160 Å². The predicted molar refractivity (Wildman–Crippen MR) is 105 cm³/mol. The molecule has 7 heteroatoms. The summed E-state index contributed by atoms with van der Waals surface area (Å²) in [6.45, 7) is 7.42. The smallest absolute Gasteiger partial charge is 0.219 e. The number of anilines is 1. The predicted octanol–water partition coefficient (Wildman–Crippen LogP) is 1.53. The molecule has 0 aliphatic carbocycles. The number of aliphatic hydroxyl groups is 1. The molecule has 1 fully saturated rings. The van der Waals surface area contributed by atoms with Gasteiger partial charge in [0.1, 0.15) is 5.75 Å². The van der Waals surface area contributed by atoms with Crippen LogP contribution >= 0.6 is 0 Å². The van der Waals surface area contributed by atoms with Gasteiger partial charge >= 0.3 is 0 Å². The molecule has 0 radical (unpaired) electrons. The van der Waals surface area contributed by atoms with Crippen molar-refractivity contribution in [3.8, 4) is 5.75 Å². The molecule has 0 saturated carbocycles. The van der Waals surface area contributed by atoms with Gasteiger partial charge in [0.25, 0.3) is 0 Å². The lowest BCUT2D eigenvalue weighted by Crippen LogP contribution is -2.52. The van der Waals surface area contributed by atoms with Crippen LogP contribution in [0.25, 0.3) is 0 Å². The fourth-order valence-corrected chi connectivity index (χ4v) is 3.53. The summed E-state index contributed by atoms with van der Waals surface area (Å²) in [5, 5.41) is 9.51. The minimum atomic E-state index is 0.198. The van der Waals surface area contributed by atoms with Gasteiger partial charge in [-0.15, -0.1) is 0 Å². The van der Waals surface area contributed by atoms with Crippen LogP contribution in [0, 0.1) is 0 Å². The second-order valence-corrected chi connectivity index (χ2v) is 6.90. The Kier molecular flexibility index (Phi) is 6.98. The topological polar surface area (TPSA) is 87.7 Å². The van der Waals surface area contributed by atoms with Crippen molar-refractivity contribution in [2.75, 3.05) is 38.6 Å². The van der Waals surface area contributed by atoms with E-state index in [9.17, 15) is 5.11 Å². The minimum absolute atomic E-state index is 0.198. The molecule has 146 valence electrons. The maximum Gasteiger partial charge on any atom is 0.219 e. The van der Waals surface area contributed by atoms with Crippen LogP contribution < -0.4 is 10.5 Å². The first-order chi connectivity index (χ1) is 13.2. The van der Waals surface area contributed by atoms with Crippen LogP contribution in [-0.4, -0.2) is 63.8 Å². The summed E-state index contributed by atoms with van der Waals surface area (Å²) in [5.41, 5.74) is 7.89. The van der Waals surface area contributed by atoms with Crippen molar-refractivity contribution in [3.63, 3.8) is 0 Å². The number of hydrogen-bond donors (Lipinski definition) is 2. The highest BCUT2D eigenvalue weighted by Gasteiger charge is 2.26. The summed E-state index contributed by atoms with van der Waals surface area (Å²) in [6, 6.07) is 8.62. The van der Waals surface area contributed by atoms with Crippen molar-refractivity contribution in [2.45, 2.75) is 32.5 Å². The maximum absolute atomic E-state index is 9.51. The third-order valence-electron chi connectivity index (χ3n) is 4.90. The van der Waals surface area contributed by atoms with Gasteiger partial charge in [0.05, 0.1) is 6.61 Å². The third-order valence-corrected chi connectivity index (χ3v) is 4.90. The third kappa shape index (κ3) is 5.63. The first kappa shape index (κ1) is 19.5. The zero-order valence-corrected chi connectivity index (χ0v) is 15.9. The Morgan fingerprint density at radius 2 is 1.85 bits per heavy atom. The van der Waals surface area contributed by atoms with E-state index in [0.717, 1.165) is 50.5 Å². The van der Waals surface area contributed by atoms with E-state index in [0.29, 0.717) is 18.6 Å². The van der Waals surface area contributed by atoms with Gasteiger partial charge < -0.3 is 15.6 Å². The zero-order chi connectivity index (χ0) is 19.1. The van der Waals surface area contributed by atoms with Gasteiger partial charge in [0.15, 0.2) is 0 Å². The standard InChI is InChI=1S/C20H29N5O2/c1-2-27-19-5-3-16(4-6-19)14-25-9-8-24(15-18(25)7-10-26)13-17-11-22-20(21)23-12-17/h3-6,11-12,18,26H,2,7-10,13-15H2,1H3,(H2,21,22,23)/t18-/m0/s1. The lowest BCUT2D eigenvalue weighted by Gasteiger charge is -2.41. The van der Waals surface area contributed by atoms with E-state index in [1.54, 1.807) is 12.4 Å². The van der Waals surface area contributed by atoms with E-state index in [1.807, 2.05) is 19.1 Å². The van der Waals surface area contributed by atoms with E-state index in [4.69, 9.17) is 10.5 Å². The van der Waals surface area contributed by atoms with E-state index in [2.05, 4.69) is 31.9 Å². The molecule has 2 aromatic rings. The Bertz CT molecular complexity index is 693. The first-order valence-corrected chi connectivity index (χ1v) is 9.53. The number of hydrogen-bond acceptors (Lipinski definition) is 7. The van der Waals surface area contributed by atoms with E-state index >= 15 is 0 Å². The fraction of sp³-hybridized carbons (Fsp3) is 0.500. The average molecular weight is 371 g/mol. The number of ether oxygens (including phenoxy) is 1. The number of benzene rings is 1. The number of aromatic nitrogens is 2. The molecule has 27 heavy (non-hydrogen) atoms. The number of piperazine rings is 1. The Morgan fingerprint density at radius 3 is 2.52 bits per heavy atom. The molecule has 0 bridgehead atoms. The molecular weight excluding hydrogens is 342 g/mol. The fourth-order valence-electron chi connectivity index (χ4n) is 3.53. The monoisotopic (exact) mass is 371 g/mol. The van der Waals surface area contributed by atoms with Crippen molar-refractivity contribution >= 4 is 5.95 Å². The lowest BCUT2D eigenvalue weighted by molar-refractivity contribution is 0.0499. The van der Waals surface area contributed by atoms with Gasteiger partial charge in [0.2, 0.25) is 5.95 Å². The average Bonchev–Trinajstić information content (AvgIpc) is 2.68. The van der Waals surface area contributed by atoms with Crippen LogP contribution in [0.1, 0.15) is 24.5 Å². The zero-order valence-electron chi connectivity index (χ0n) is 15.9. The highest BCUT2D eigenvalue weighted by Crippen LogP contribution is 2.20. The molecular formula is C20H29N5O2. The highest BCUT2D eigenvalue weighted by molar-refractivity contribution is 5.27. The SMILES string of the molecule is CCOc1ccc(CN2CCN(Cc3cnc(N)nc3)C[C@@H]2CCO)cc1. The summed E-state index contributed by atoms with van der Waals surface area (Å²) in [6.07, 6.45) is 4.34. The van der Waals surface area contributed by atoms with Gasteiger partial charge in [-0.2, -0.15) is 0 Å². The first-order valence-electron chi connectivity index (χ1n) is 9.53. The number of nitrogens with two attached hydrogens (primary N) is 1. The largest absolute Gasteiger partial charge is 0.494 e. The number of nitrogens with zero attached hydrogens (tertiary/aromatic N) is 4. The number of rotatable bonds is 8. The van der Waals surface area contributed by atoms with Crippen LogP contribution in [0.15, 0.2) is 36.7 Å². The van der Waals surface area contributed by atoms with Crippen LogP contribution in [0.4, 0.5) is 5.95 Å². The molecule has 1 aliphatic rings. The van der Waals surface area contributed by atoms with Crippen molar-refractivity contribution in [3.05, 3.63) is 47.8 Å². The van der Waals surface area contributed by atoms with Gasteiger partial charge in [0, 0.05) is 63.3 Å². The van der Waals surface area contributed by atoms with Crippen molar-refractivity contribution in [1.29, 1.82) is 0 Å². The second kappa shape index (κ2) is 9.64. The molecule has 7 nitrogen and oxygen atoms in total. The van der Waals surface area contributed by atoms with E-state index in [-0.39, 0.29) is 6.61 Å². The van der Waals surface area contributed by atoms with Gasteiger partial charge in [-0.3, -0.25) is 9.80 Å². The molecule has 0 unspecified atom stereocenters. The van der Waals surface area contributed by atoms with Gasteiger partial charge in [-0.05, 0) is 31.0 Å². The quantitative estimate of drug-likeness (QED) is 0.727. The van der Waals surface area contributed by atoms with Crippen molar-refractivity contribution in [2.24, 2.45) is 0 Å². The van der Waals surface area contributed by atoms with Crippen LogP contribution in [0.2, 0.25) is 0 Å². The normalized spacial score (nSPS) is 18.5. The Balaban J connectivity index is 1.59. The van der Waals surface area contributed by atoms with E-state index < -0.39 is 0 Å². The molecule has 3 rings (SSSR count). The molecule has 1 aliphatic heterocycles. The lowest BCUT2D eigenvalue weighted by atomic mass is 10.1. The number of aliphatic hydroxyl groups excluding tert-OH is 1. The Morgan fingerprint density at radius 1 is 1.11 bits per heavy atom. The summed E-state index contributed by atoms with van der Waals surface area (Å²) in [7, 11) is 0. The molecule has 0 spiro atoms. The second-order valence-electron chi connectivity index (χ2n) is 6.90. The number of nitrogen functional groups attached to an aromatic ring is 1. The molecule has 1 aromatic heterocycles. The van der Waals surface area contributed by atoms with E-state index in [1.165, 1.54) is 5.56 Å². The van der Waals surface area contributed by atoms with Crippen LogP contribution in [0.5, 0.6) is 5.75 Å². The highest BCUT2D eigenvalue weighted by atomic mass is 16.5. The molecule has 1 saturated heterocycles. The maximum atomic E-state index is 9.51. The van der Waals surface area contributed by atoms with Crippen molar-refractivity contribution < 1.29 is 9.84 Å². The molecule has 2 heterocycles. The van der Waals surface area contributed by atoms with Crippen molar-refractivity contribution in [1.82, 2.24) is 19.8 Å². The molecule has 0 amide bonds. The molecule has 3 N–H and O–H groups in total. The van der Waals surface area contributed by atoms with Crippen LogP contribution in [-0.2, 0) is 13.1 Å². The summed E-state index contributed by atoms with van der Waals surface area (Å²) >= 11 is 0. The van der Waals surface area contributed by atoms with Crippen LogP contribution in [0.3, 0.4) is 0 Å². The summed E-state index contributed by atoms with van der Waals surface area (Å²) in [5.74, 6) is 1.21. The molecule has 1 aromatic carbocycles. The summed E-state index contributed by atoms with van der Waals surface area (Å²) in [4.78, 5) is 13.0. The van der Waals surface area contributed by atoms with Gasteiger partial charge in [-0.25, -0.2) is 9.97 Å². The summed E-state index contributed by atoms with van der Waals surface area (Å²) < 4.78 is 5.52.